The molecule has 2 N–H and O–H groups in total. The number of hydrogen-bond acceptors (Lipinski definition) is 9. The zero-order valence-corrected chi connectivity index (χ0v) is 40.7. The Bertz CT molecular complexity index is 2300. The van der Waals surface area contributed by atoms with Gasteiger partial charge in [0.1, 0.15) is 18.3 Å². The summed E-state index contributed by atoms with van der Waals surface area (Å²) in [4.78, 5) is 42.4. The predicted octanol–water partition coefficient (Wildman–Crippen LogP) is 13.0. The van der Waals surface area contributed by atoms with Crippen LogP contribution in [0.5, 0.6) is 0 Å². The number of nitrogens with zero attached hydrogens (tertiary/aromatic N) is 3. The average Bonchev–Trinajstić information content (AvgIpc) is 3.99. The Hall–Kier alpha value is -5.05. The topological polar surface area (TPSA) is 122 Å². The number of rotatable bonds is 20. The van der Waals surface area contributed by atoms with E-state index in [2.05, 4.69) is 73.4 Å². The van der Waals surface area contributed by atoms with E-state index in [0.29, 0.717) is 29.0 Å². The summed E-state index contributed by atoms with van der Waals surface area (Å²) >= 11 is 0. The van der Waals surface area contributed by atoms with Gasteiger partial charge in [-0.2, -0.15) is 0 Å². The zero-order valence-electron chi connectivity index (χ0n) is 40.7. The van der Waals surface area contributed by atoms with Gasteiger partial charge in [-0.3, -0.25) is 9.59 Å². The first-order valence-electron chi connectivity index (χ1n) is 24.1. The SMILES string of the molecule is C=CC1=C(C)C2=NC1=CC1=NC(=CC3=C(C)C4=C(O)[C@@H](C(=O)OC)C(=C5NC(=C2)[C@@H](C)[C@@H]5CCC(=O)OC/C=C(\C)CCCC(C)CCCC(C)CCCC(C)C)C4=N3)C(CC)=C1C. The fraction of sp³-hybridized carbons (Fsp3) is 0.545. The molecule has 1 saturated heterocycles. The molecule has 0 spiro atoms. The van der Waals surface area contributed by atoms with Crippen LogP contribution < -0.4 is 5.32 Å². The van der Waals surface area contributed by atoms with Crippen LogP contribution in [0.25, 0.3) is 0 Å². The van der Waals surface area contributed by atoms with Gasteiger partial charge in [0.2, 0.25) is 0 Å². The number of aliphatic hydroxyl groups excluding tert-OH is 1. The van der Waals surface area contributed by atoms with Gasteiger partial charge < -0.3 is 19.9 Å². The number of aliphatic imine (C=N–C) groups is 3. The van der Waals surface area contributed by atoms with Crippen LogP contribution in [0.3, 0.4) is 0 Å². The molecule has 0 amide bonds. The minimum absolute atomic E-state index is 0.0838. The lowest BCUT2D eigenvalue weighted by Crippen LogP contribution is -2.25. The maximum Gasteiger partial charge on any atom is 0.321 e. The molecular formula is C55H74N4O5. The summed E-state index contributed by atoms with van der Waals surface area (Å²) in [6, 6.07) is 0. The van der Waals surface area contributed by atoms with Gasteiger partial charge in [-0.1, -0.05) is 105 Å². The minimum atomic E-state index is -1.08. The van der Waals surface area contributed by atoms with Gasteiger partial charge in [-0.15, -0.1) is 0 Å². The van der Waals surface area contributed by atoms with Crippen molar-refractivity contribution in [2.75, 3.05) is 13.7 Å². The Labute approximate surface area is 383 Å². The molecule has 2 unspecified atom stereocenters. The lowest BCUT2D eigenvalue weighted by atomic mass is 9.84. The van der Waals surface area contributed by atoms with Crippen LogP contribution in [0.1, 0.15) is 146 Å². The number of aliphatic hydroxyl groups is 1. The van der Waals surface area contributed by atoms with E-state index in [4.69, 9.17) is 24.5 Å². The van der Waals surface area contributed by atoms with Gasteiger partial charge in [-0.25, -0.2) is 15.0 Å². The van der Waals surface area contributed by atoms with E-state index in [1.54, 1.807) is 0 Å². The van der Waals surface area contributed by atoms with E-state index >= 15 is 0 Å². The van der Waals surface area contributed by atoms with Crippen molar-refractivity contribution in [2.24, 2.45) is 50.5 Å². The number of fused-ring (bicyclic) bond motifs is 5. The monoisotopic (exact) mass is 871 g/mol. The summed E-state index contributed by atoms with van der Waals surface area (Å²) in [6.07, 6.45) is 22.7. The number of allylic oxidation sites excluding steroid dienone is 12. The molecule has 0 aromatic carbocycles. The summed E-state index contributed by atoms with van der Waals surface area (Å²) in [6.45, 7) is 26.2. The second kappa shape index (κ2) is 21.3. The maximum atomic E-state index is 13.6. The Balaban J connectivity index is 1.20. The van der Waals surface area contributed by atoms with Crippen molar-refractivity contribution >= 4 is 29.1 Å². The molecule has 5 aliphatic heterocycles. The third-order valence-corrected chi connectivity index (χ3v) is 14.3. The van der Waals surface area contributed by atoms with Gasteiger partial charge in [0.25, 0.3) is 0 Å². The number of methoxy groups -OCH3 is 1. The smallest absolute Gasteiger partial charge is 0.321 e. The molecule has 9 heteroatoms. The van der Waals surface area contributed by atoms with Gasteiger partial charge in [0, 0.05) is 46.4 Å². The fourth-order valence-electron chi connectivity index (χ4n) is 10.2. The summed E-state index contributed by atoms with van der Waals surface area (Å²) in [5.74, 6) is -0.0182. The summed E-state index contributed by atoms with van der Waals surface area (Å²) < 4.78 is 11.1. The Morgan fingerprint density at radius 2 is 1.53 bits per heavy atom. The number of nitrogens with one attached hydrogen (secondary N) is 1. The molecule has 8 bridgehead atoms. The van der Waals surface area contributed by atoms with Gasteiger partial charge in [0.05, 0.1) is 41.3 Å². The molecule has 344 valence electrons. The molecular weight excluding hydrogens is 797 g/mol. The first-order valence-corrected chi connectivity index (χ1v) is 24.1. The Morgan fingerprint density at radius 1 is 0.875 bits per heavy atom. The molecule has 0 radical (unpaired) electrons. The number of carbonyl (C=O) groups is 2. The molecule has 9 nitrogen and oxygen atoms in total. The highest BCUT2D eigenvalue weighted by atomic mass is 16.5. The highest BCUT2D eigenvalue weighted by Crippen LogP contribution is 2.49. The molecule has 1 aliphatic carbocycles. The van der Waals surface area contributed by atoms with Crippen LogP contribution in [-0.4, -0.2) is 47.9 Å². The molecule has 64 heavy (non-hydrogen) atoms. The minimum Gasteiger partial charge on any atom is -0.510 e. The maximum absolute atomic E-state index is 13.6. The number of ether oxygens (including phenoxy) is 2. The molecule has 1 fully saturated rings. The van der Waals surface area contributed by atoms with E-state index in [9.17, 15) is 14.7 Å². The quantitative estimate of drug-likeness (QED) is 0.0928. The van der Waals surface area contributed by atoms with E-state index in [1.165, 1.54) is 57.6 Å². The van der Waals surface area contributed by atoms with E-state index in [1.807, 2.05) is 38.2 Å². The summed E-state index contributed by atoms with van der Waals surface area (Å²) in [5.41, 5.74) is 13.3. The molecule has 6 aliphatic rings. The standard InChI is InChI=1S/C55H74N4O5/c1-13-39-35(8)42-28-44-37(10)41(24-25-48(60)64-27-26-34(7)23-17-22-33(6)21-16-20-32(5)19-15-18-31(3)4)52(58-44)50-51(55(62)63-12)54(61)49-38(11)45(59-53(49)50)30-47-40(14-2)36(9)43(57-47)29-46(39)56-42/h13,26,28-33,37,41,51,58,61H,1,14-25,27H2,2-12H3/b34-26+,44-28?,46-29?,47-30?,52-50?/t32?,33?,37-,41-,51-/m0/s1. The van der Waals surface area contributed by atoms with E-state index in [-0.39, 0.29) is 36.6 Å². The first-order chi connectivity index (χ1) is 30.6. The summed E-state index contributed by atoms with van der Waals surface area (Å²) in [5, 5.41) is 15.6. The van der Waals surface area contributed by atoms with Crippen LogP contribution in [0.15, 0.2) is 131 Å². The lowest BCUT2D eigenvalue weighted by Gasteiger charge is -2.20. The molecule has 6 rings (SSSR count). The average molecular weight is 871 g/mol. The van der Waals surface area contributed by atoms with Crippen molar-refractivity contribution in [1.82, 2.24) is 5.32 Å². The molecule has 0 aromatic rings. The molecule has 5 atom stereocenters. The number of esters is 2. The third kappa shape index (κ3) is 10.6. The van der Waals surface area contributed by atoms with Crippen molar-refractivity contribution in [2.45, 2.75) is 146 Å². The largest absolute Gasteiger partial charge is 0.510 e. The molecule has 0 aromatic heterocycles. The van der Waals surface area contributed by atoms with Crippen LogP contribution >= 0.6 is 0 Å². The zero-order chi connectivity index (χ0) is 46.4. The predicted molar refractivity (Wildman–Crippen MR) is 262 cm³/mol. The molecule has 0 saturated carbocycles. The Kier molecular flexibility index (Phi) is 16.1. The van der Waals surface area contributed by atoms with Crippen LogP contribution in [-0.2, 0) is 19.1 Å². The van der Waals surface area contributed by atoms with Crippen LogP contribution in [0.4, 0.5) is 0 Å². The van der Waals surface area contributed by atoms with Gasteiger partial charge >= 0.3 is 11.9 Å². The van der Waals surface area contributed by atoms with Gasteiger partial charge in [0.15, 0.2) is 0 Å². The van der Waals surface area contributed by atoms with Crippen LogP contribution in [0.2, 0.25) is 0 Å². The van der Waals surface area contributed by atoms with E-state index < -0.39 is 11.9 Å². The van der Waals surface area contributed by atoms with E-state index in [0.717, 1.165) is 99.1 Å². The van der Waals surface area contributed by atoms with Crippen molar-refractivity contribution < 1.29 is 24.2 Å². The normalized spacial score (nSPS) is 22.8. The third-order valence-electron chi connectivity index (χ3n) is 14.3. The fourth-order valence-corrected chi connectivity index (χ4v) is 10.2. The highest BCUT2D eigenvalue weighted by Gasteiger charge is 2.49. The number of hydrogen-bond donors (Lipinski definition) is 2. The Morgan fingerprint density at radius 3 is 2.19 bits per heavy atom. The van der Waals surface area contributed by atoms with Crippen molar-refractivity contribution in [3.63, 3.8) is 0 Å². The van der Waals surface area contributed by atoms with Gasteiger partial charge in [-0.05, 0) is 118 Å². The second-order valence-electron chi connectivity index (χ2n) is 19.5. The van der Waals surface area contributed by atoms with Crippen molar-refractivity contribution in [3.8, 4) is 0 Å². The summed E-state index contributed by atoms with van der Waals surface area (Å²) in [7, 11) is 1.33. The van der Waals surface area contributed by atoms with Crippen LogP contribution in [0, 0.1) is 35.5 Å². The first kappa shape index (κ1) is 48.4. The highest BCUT2D eigenvalue weighted by molar-refractivity contribution is 6.24. The van der Waals surface area contributed by atoms with Crippen molar-refractivity contribution in [3.05, 3.63) is 116 Å². The van der Waals surface area contributed by atoms with Crippen molar-refractivity contribution in [1.29, 1.82) is 0 Å². The second-order valence-corrected chi connectivity index (χ2v) is 19.5. The molecule has 5 heterocycles. The number of carbonyl (C=O) groups excluding carboxylic acids is 2. The lowest BCUT2D eigenvalue weighted by molar-refractivity contribution is -0.144.